The number of ether oxygens (including phenoxy) is 1. The van der Waals surface area contributed by atoms with Gasteiger partial charge in [0.2, 0.25) is 5.88 Å². The summed E-state index contributed by atoms with van der Waals surface area (Å²) in [5.41, 5.74) is 2.95. The summed E-state index contributed by atoms with van der Waals surface area (Å²) in [6.45, 7) is 3.27. The van der Waals surface area contributed by atoms with Gasteiger partial charge in [-0.3, -0.25) is 9.69 Å². The minimum absolute atomic E-state index is 0.0754. The molecule has 1 aliphatic rings. The van der Waals surface area contributed by atoms with Crippen LogP contribution in [-0.2, 0) is 13.2 Å². The van der Waals surface area contributed by atoms with Gasteiger partial charge >= 0.3 is 0 Å². The third-order valence-corrected chi connectivity index (χ3v) is 5.32. The zero-order valence-electron chi connectivity index (χ0n) is 17.0. The number of likely N-dealkylation sites (tertiary alicyclic amines) is 1. The van der Waals surface area contributed by atoms with Gasteiger partial charge in [0.05, 0.1) is 0 Å². The second-order valence-electron chi connectivity index (χ2n) is 7.69. The van der Waals surface area contributed by atoms with Crippen molar-refractivity contribution in [1.82, 2.24) is 15.2 Å². The van der Waals surface area contributed by atoms with Crippen molar-refractivity contribution < 1.29 is 9.53 Å². The van der Waals surface area contributed by atoms with Gasteiger partial charge in [-0.15, -0.1) is 0 Å². The van der Waals surface area contributed by atoms with Gasteiger partial charge in [-0.05, 0) is 36.6 Å². The van der Waals surface area contributed by atoms with Crippen LogP contribution < -0.4 is 10.1 Å². The molecule has 1 unspecified atom stereocenters. The molecule has 5 heteroatoms. The van der Waals surface area contributed by atoms with Crippen molar-refractivity contribution in [2.24, 2.45) is 0 Å². The summed E-state index contributed by atoms with van der Waals surface area (Å²) in [4.78, 5) is 19.4. The van der Waals surface area contributed by atoms with Gasteiger partial charge in [0.15, 0.2) is 0 Å². The van der Waals surface area contributed by atoms with E-state index < -0.39 is 0 Å². The molecule has 0 bridgehead atoms. The molecular weight excluding hydrogens is 374 g/mol. The second kappa shape index (κ2) is 10.0. The molecule has 3 aromatic rings. The van der Waals surface area contributed by atoms with E-state index in [-0.39, 0.29) is 11.9 Å². The maximum Gasteiger partial charge on any atom is 0.251 e. The number of carbonyl (C=O) groups excluding carboxylic acids is 1. The fraction of sp³-hybridized carbons (Fsp3) is 0.280. The van der Waals surface area contributed by atoms with E-state index in [2.05, 4.69) is 39.5 Å². The Hall–Kier alpha value is -3.18. The molecule has 0 spiro atoms. The highest BCUT2D eigenvalue weighted by atomic mass is 16.5. The van der Waals surface area contributed by atoms with Crippen molar-refractivity contribution in [3.63, 3.8) is 0 Å². The van der Waals surface area contributed by atoms with Gasteiger partial charge in [-0.25, -0.2) is 4.98 Å². The number of pyridine rings is 1. The van der Waals surface area contributed by atoms with Crippen molar-refractivity contribution in [2.75, 3.05) is 13.1 Å². The molecule has 30 heavy (non-hydrogen) atoms. The number of nitrogens with one attached hydrogen (secondary N) is 1. The summed E-state index contributed by atoms with van der Waals surface area (Å²) in [7, 11) is 0. The smallest absolute Gasteiger partial charge is 0.251 e. The largest absolute Gasteiger partial charge is 0.473 e. The van der Waals surface area contributed by atoms with Crippen LogP contribution in [0.25, 0.3) is 0 Å². The Morgan fingerprint density at radius 2 is 1.77 bits per heavy atom. The fourth-order valence-electron chi connectivity index (χ4n) is 3.79. The van der Waals surface area contributed by atoms with E-state index >= 15 is 0 Å². The maximum atomic E-state index is 12.8. The molecule has 4 rings (SSSR count). The standard InChI is InChI=1S/C25H27N3O2/c29-25(22-13-14-26-24(16-22)30-19-21-10-5-2-6-11-21)27-23-12-7-15-28(18-23)17-20-8-3-1-4-9-20/h1-6,8-11,13-14,16,23H,7,12,15,17-19H2,(H,27,29). The number of rotatable bonds is 7. The van der Waals surface area contributed by atoms with Crippen LogP contribution in [0.5, 0.6) is 5.88 Å². The molecule has 0 saturated carbocycles. The van der Waals surface area contributed by atoms with Crippen molar-refractivity contribution in [3.05, 3.63) is 95.7 Å². The van der Waals surface area contributed by atoms with E-state index in [0.717, 1.165) is 38.0 Å². The average Bonchev–Trinajstić information content (AvgIpc) is 2.79. The minimum Gasteiger partial charge on any atom is -0.473 e. The lowest BCUT2D eigenvalue weighted by molar-refractivity contribution is 0.0900. The molecule has 1 saturated heterocycles. The fourth-order valence-corrected chi connectivity index (χ4v) is 3.79. The lowest BCUT2D eigenvalue weighted by Gasteiger charge is -2.33. The van der Waals surface area contributed by atoms with E-state index in [1.54, 1.807) is 18.3 Å². The van der Waals surface area contributed by atoms with Crippen LogP contribution in [0.4, 0.5) is 0 Å². The quantitative estimate of drug-likeness (QED) is 0.649. The van der Waals surface area contributed by atoms with Crippen LogP contribution in [0.1, 0.15) is 34.3 Å². The molecule has 0 aliphatic carbocycles. The zero-order chi connectivity index (χ0) is 20.6. The molecule has 1 amide bonds. The first kappa shape index (κ1) is 20.1. The first-order valence-electron chi connectivity index (χ1n) is 10.5. The highest BCUT2D eigenvalue weighted by Crippen LogP contribution is 2.16. The van der Waals surface area contributed by atoms with E-state index in [4.69, 9.17) is 4.74 Å². The number of amides is 1. The van der Waals surface area contributed by atoms with Gasteiger partial charge in [-0.1, -0.05) is 60.7 Å². The highest BCUT2D eigenvalue weighted by molar-refractivity contribution is 5.94. The predicted octanol–water partition coefficient (Wildman–Crippen LogP) is 4.06. The molecule has 1 atom stereocenters. The number of piperidine rings is 1. The first-order valence-corrected chi connectivity index (χ1v) is 10.5. The maximum absolute atomic E-state index is 12.8. The summed E-state index contributed by atoms with van der Waals surface area (Å²) in [6, 6.07) is 24.0. The number of benzene rings is 2. The van der Waals surface area contributed by atoms with Crippen molar-refractivity contribution in [3.8, 4) is 5.88 Å². The van der Waals surface area contributed by atoms with Crippen LogP contribution in [0.2, 0.25) is 0 Å². The molecular formula is C25H27N3O2. The zero-order valence-corrected chi connectivity index (χ0v) is 17.0. The van der Waals surface area contributed by atoms with E-state index in [0.29, 0.717) is 18.1 Å². The van der Waals surface area contributed by atoms with Gasteiger partial charge in [0, 0.05) is 37.0 Å². The molecule has 5 nitrogen and oxygen atoms in total. The average molecular weight is 402 g/mol. The highest BCUT2D eigenvalue weighted by Gasteiger charge is 2.22. The van der Waals surface area contributed by atoms with Crippen LogP contribution in [0.15, 0.2) is 79.0 Å². The van der Waals surface area contributed by atoms with Crippen LogP contribution in [-0.4, -0.2) is 34.9 Å². The number of hydrogen-bond donors (Lipinski definition) is 1. The number of nitrogens with zero attached hydrogens (tertiary/aromatic N) is 2. The Morgan fingerprint density at radius 1 is 1.03 bits per heavy atom. The van der Waals surface area contributed by atoms with Crippen LogP contribution in [0.3, 0.4) is 0 Å². The van der Waals surface area contributed by atoms with Gasteiger partial charge in [0.25, 0.3) is 5.91 Å². The molecule has 1 aliphatic heterocycles. The van der Waals surface area contributed by atoms with Gasteiger partial charge in [-0.2, -0.15) is 0 Å². The Balaban J connectivity index is 1.32. The van der Waals surface area contributed by atoms with E-state index in [1.807, 2.05) is 36.4 Å². The van der Waals surface area contributed by atoms with E-state index in [1.165, 1.54) is 5.56 Å². The summed E-state index contributed by atoms with van der Waals surface area (Å²) in [5.74, 6) is 0.384. The summed E-state index contributed by atoms with van der Waals surface area (Å²) < 4.78 is 5.76. The van der Waals surface area contributed by atoms with E-state index in [9.17, 15) is 4.79 Å². The summed E-state index contributed by atoms with van der Waals surface area (Å²) in [5, 5.41) is 3.19. The molecule has 1 aromatic heterocycles. The van der Waals surface area contributed by atoms with Crippen LogP contribution in [0, 0.1) is 0 Å². The summed E-state index contributed by atoms with van der Waals surface area (Å²) >= 11 is 0. The lowest BCUT2D eigenvalue weighted by Crippen LogP contribution is -2.47. The SMILES string of the molecule is O=C(NC1CCCN(Cc2ccccc2)C1)c1ccnc(OCc2ccccc2)c1. The molecule has 0 radical (unpaired) electrons. The first-order chi connectivity index (χ1) is 14.8. The number of hydrogen-bond acceptors (Lipinski definition) is 4. The van der Waals surface area contributed by atoms with Crippen LogP contribution >= 0.6 is 0 Å². The van der Waals surface area contributed by atoms with Gasteiger partial charge < -0.3 is 10.1 Å². The van der Waals surface area contributed by atoms with Crippen molar-refractivity contribution in [2.45, 2.75) is 32.0 Å². The molecule has 2 heterocycles. The normalized spacial score (nSPS) is 16.7. The lowest BCUT2D eigenvalue weighted by atomic mass is 10.0. The third kappa shape index (κ3) is 5.67. The minimum atomic E-state index is -0.0754. The molecule has 1 fully saturated rings. The Labute approximate surface area is 177 Å². The Morgan fingerprint density at radius 3 is 2.53 bits per heavy atom. The summed E-state index contributed by atoms with van der Waals surface area (Å²) in [6.07, 6.45) is 3.71. The predicted molar refractivity (Wildman–Crippen MR) is 117 cm³/mol. The number of carbonyl (C=O) groups is 1. The van der Waals surface area contributed by atoms with Crippen molar-refractivity contribution >= 4 is 5.91 Å². The Kier molecular flexibility index (Phi) is 6.72. The third-order valence-electron chi connectivity index (χ3n) is 5.32. The molecule has 154 valence electrons. The second-order valence-corrected chi connectivity index (χ2v) is 7.69. The monoisotopic (exact) mass is 401 g/mol. The van der Waals surface area contributed by atoms with Crippen molar-refractivity contribution in [1.29, 1.82) is 0 Å². The topological polar surface area (TPSA) is 54.5 Å². The van der Waals surface area contributed by atoms with Gasteiger partial charge in [0.1, 0.15) is 6.61 Å². The number of aromatic nitrogens is 1. The Bertz CT molecular complexity index is 947. The molecule has 1 N–H and O–H groups in total. The molecule has 2 aromatic carbocycles.